The summed E-state index contributed by atoms with van der Waals surface area (Å²) < 4.78 is 0. The molecule has 62 valence electrons. The van der Waals surface area contributed by atoms with E-state index in [1.807, 2.05) is 0 Å². The standard InChI is InChI=1S/C8H8N2O2/c11-7-3-4-8(12)10(7)6-2-1-5-9-6/h1-2,5,9H,3-4H2. The largest absolute Gasteiger partial charge is 0.348 e. The molecule has 1 aromatic heterocycles. The van der Waals surface area contributed by atoms with E-state index >= 15 is 0 Å². The first-order valence-corrected chi connectivity index (χ1v) is 3.78. The van der Waals surface area contributed by atoms with Gasteiger partial charge in [-0.1, -0.05) is 0 Å². The predicted octanol–water partition coefficient (Wildman–Crippen LogP) is 0.668. The number of carbonyl (C=O) groups is 2. The summed E-state index contributed by atoms with van der Waals surface area (Å²) in [6.07, 6.45) is 2.35. The highest BCUT2D eigenvalue weighted by molar-refractivity contribution is 6.19. The molecule has 1 N–H and O–H groups in total. The van der Waals surface area contributed by atoms with Crippen LogP contribution < -0.4 is 4.90 Å². The van der Waals surface area contributed by atoms with Crippen LogP contribution in [0.5, 0.6) is 0 Å². The molecule has 12 heavy (non-hydrogen) atoms. The summed E-state index contributed by atoms with van der Waals surface area (Å²) in [7, 11) is 0. The van der Waals surface area contributed by atoms with Crippen molar-refractivity contribution in [2.45, 2.75) is 12.8 Å². The zero-order chi connectivity index (χ0) is 8.55. The molecule has 2 amide bonds. The number of hydrogen-bond acceptors (Lipinski definition) is 2. The third-order valence-electron chi connectivity index (χ3n) is 1.87. The topological polar surface area (TPSA) is 53.2 Å². The maximum Gasteiger partial charge on any atom is 0.235 e. The third kappa shape index (κ3) is 0.922. The molecule has 0 aliphatic carbocycles. The molecule has 2 rings (SSSR count). The fourth-order valence-corrected chi connectivity index (χ4v) is 1.31. The number of hydrogen-bond donors (Lipinski definition) is 1. The van der Waals surface area contributed by atoms with Crippen molar-refractivity contribution >= 4 is 17.6 Å². The van der Waals surface area contributed by atoms with E-state index in [0.29, 0.717) is 18.7 Å². The van der Waals surface area contributed by atoms with E-state index in [1.54, 1.807) is 18.3 Å². The molecule has 4 nitrogen and oxygen atoms in total. The monoisotopic (exact) mass is 164 g/mol. The molecule has 0 unspecified atom stereocenters. The maximum absolute atomic E-state index is 11.2. The first-order chi connectivity index (χ1) is 5.79. The van der Waals surface area contributed by atoms with E-state index in [4.69, 9.17) is 0 Å². The summed E-state index contributed by atoms with van der Waals surface area (Å²) in [6.45, 7) is 0. The van der Waals surface area contributed by atoms with Gasteiger partial charge in [0.25, 0.3) is 0 Å². The quantitative estimate of drug-likeness (QED) is 0.620. The lowest BCUT2D eigenvalue weighted by Gasteiger charge is -2.09. The van der Waals surface area contributed by atoms with E-state index in [2.05, 4.69) is 4.98 Å². The van der Waals surface area contributed by atoms with Crippen molar-refractivity contribution in [3.63, 3.8) is 0 Å². The van der Waals surface area contributed by atoms with Gasteiger partial charge < -0.3 is 4.98 Å². The molecular formula is C8H8N2O2. The van der Waals surface area contributed by atoms with Crippen molar-refractivity contribution < 1.29 is 9.59 Å². The number of amides is 2. The molecule has 1 saturated heterocycles. The number of anilines is 1. The van der Waals surface area contributed by atoms with Crippen LogP contribution in [-0.4, -0.2) is 16.8 Å². The van der Waals surface area contributed by atoms with Crippen LogP contribution in [0.4, 0.5) is 5.82 Å². The van der Waals surface area contributed by atoms with Gasteiger partial charge in [-0.2, -0.15) is 0 Å². The highest BCUT2D eigenvalue weighted by Crippen LogP contribution is 2.19. The van der Waals surface area contributed by atoms with Crippen LogP contribution >= 0.6 is 0 Å². The highest BCUT2D eigenvalue weighted by Gasteiger charge is 2.30. The van der Waals surface area contributed by atoms with Gasteiger partial charge in [0, 0.05) is 19.0 Å². The van der Waals surface area contributed by atoms with Crippen LogP contribution in [0.15, 0.2) is 18.3 Å². The van der Waals surface area contributed by atoms with Crippen molar-refractivity contribution in [2.75, 3.05) is 4.90 Å². The van der Waals surface area contributed by atoms with E-state index in [-0.39, 0.29) is 11.8 Å². The predicted molar refractivity (Wildman–Crippen MR) is 42.5 cm³/mol. The normalized spacial score (nSPS) is 17.5. The number of aromatic amines is 1. The van der Waals surface area contributed by atoms with Gasteiger partial charge >= 0.3 is 0 Å². The Kier molecular flexibility index (Phi) is 1.46. The van der Waals surface area contributed by atoms with Crippen molar-refractivity contribution in [3.05, 3.63) is 18.3 Å². The van der Waals surface area contributed by atoms with Crippen molar-refractivity contribution in [1.82, 2.24) is 4.98 Å². The summed E-state index contributed by atoms with van der Waals surface area (Å²) in [6, 6.07) is 3.47. The molecule has 0 atom stereocenters. The van der Waals surface area contributed by atoms with Crippen molar-refractivity contribution in [3.8, 4) is 0 Å². The van der Waals surface area contributed by atoms with Gasteiger partial charge in [0.1, 0.15) is 5.82 Å². The molecule has 1 aliphatic rings. The van der Waals surface area contributed by atoms with E-state index in [0.717, 1.165) is 0 Å². The fourth-order valence-electron chi connectivity index (χ4n) is 1.31. The van der Waals surface area contributed by atoms with Gasteiger partial charge in [-0.3, -0.25) is 9.59 Å². The molecule has 2 heterocycles. The molecular weight excluding hydrogens is 156 g/mol. The smallest absolute Gasteiger partial charge is 0.235 e. The number of nitrogens with one attached hydrogen (secondary N) is 1. The summed E-state index contributed by atoms with van der Waals surface area (Å²) >= 11 is 0. The Hall–Kier alpha value is -1.58. The minimum absolute atomic E-state index is 0.123. The van der Waals surface area contributed by atoms with Crippen molar-refractivity contribution in [1.29, 1.82) is 0 Å². The molecule has 0 saturated carbocycles. The Balaban J connectivity index is 2.34. The van der Waals surface area contributed by atoms with Crippen LogP contribution in [0, 0.1) is 0 Å². The molecule has 0 aromatic carbocycles. The van der Waals surface area contributed by atoms with E-state index < -0.39 is 0 Å². The van der Waals surface area contributed by atoms with Gasteiger partial charge in [0.05, 0.1) is 0 Å². The first-order valence-electron chi connectivity index (χ1n) is 3.78. The summed E-state index contributed by atoms with van der Waals surface area (Å²) in [5.41, 5.74) is 0. The Labute approximate surface area is 69.2 Å². The number of rotatable bonds is 1. The molecule has 0 bridgehead atoms. The average Bonchev–Trinajstić information content (AvgIpc) is 2.61. The van der Waals surface area contributed by atoms with Gasteiger partial charge in [0.15, 0.2) is 0 Å². The third-order valence-corrected chi connectivity index (χ3v) is 1.87. The Morgan fingerprint density at radius 2 is 1.92 bits per heavy atom. The molecule has 0 radical (unpaired) electrons. The number of nitrogens with zero attached hydrogens (tertiary/aromatic N) is 1. The lowest BCUT2D eigenvalue weighted by atomic mass is 10.4. The Bertz CT molecular complexity index is 300. The molecule has 1 aromatic rings. The van der Waals surface area contributed by atoms with Gasteiger partial charge in [-0.15, -0.1) is 0 Å². The Morgan fingerprint density at radius 3 is 2.42 bits per heavy atom. The first kappa shape index (κ1) is 7.09. The molecule has 4 heteroatoms. The van der Waals surface area contributed by atoms with Gasteiger partial charge in [0.2, 0.25) is 11.8 Å². The minimum atomic E-state index is -0.123. The van der Waals surface area contributed by atoms with E-state index in [9.17, 15) is 9.59 Å². The van der Waals surface area contributed by atoms with Crippen LogP contribution in [-0.2, 0) is 9.59 Å². The highest BCUT2D eigenvalue weighted by atomic mass is 16.2. The SMILES string of the molecule is O=C1CCC(=O)N1c1ccc[nH]1. The van der Waals surface area contributed by atoms with E-state index in [1.165, 1.54) is 4.90 Å². The zero-order valence-electron chi connectivity index (χ0n) is 6.41. The number of imide groups is 1. The molecule has 1 aliphatic heterocycles. The minimum Gasteiger partial charge on any atom is -0.348 e. The number of carbonyl (C=O) groups excluding carboxylic acids is 2. The molecule has 1 fully saturated rings. The lowest BCUT2D eigenvalue weighted by Crippen LogP contribution is -2.28. The number of H-pyrrole nitrogens is 1. The van der Waals surface area contributed by atoms with Crippen molar-refractivity contribution in [2.24, 2.45) is 0 Å². The van der Waals surface area contributed by atoms with Gasteiger partial charge in [-0.05, 0) is 12.1 Å². The van der Waals surface area contributed by atoms with Crippen LogP contribution in [0.25, 0.3) is 0 Å². The maximum atomic E-state index is 11.2. The second kappa shape index (κ2) is 2.48. The van der Waals surface area contributed by atoms with Crippen LogP contribution in [0.1, 0.15) is 12.8 Å². The summed E-state index contributed by atoms with van der Waals surface area (Å²) in [5.74, 6) is 0.326. The van der Waals surface area contributed by atoms with Gasteiger partial charge in [-0.25, -0.2) is 4.90 Å². The second-order valence-corrected chi connectivity index (χ2v) is 2.68. The Morgan fingerprint density at radius 1 is 1.25 bits per heavy atom. The second-order valence-electron chi connectivity index (χ2n) is 2.68. The van der Waals surface area contributed by atoms with Crippen LogP contribution in [0.3, 0.4) is 0 Å². The summed E-state index contributed by atoms with van der Waals surface area (Å²) in [5, 5.41) is 0. The molecule has 0 spiro atoms. The fraction of sp³-hybridized carbons (Fsp3) is 0.250. The van der Waals surface area contributed by atoms with Crippen LogP contribution in [0.2, 0.25) is 0 Å². The summed E-state index contributed by atoms with van der Waals surface area (Å²) in [4.78, 5) is 26.4. The number of aromatic nitrogens is 1. The lowest BCUT2D eigenvalue weighted by molar-refractivity contribution is -0.121. The average molecular weight is 164 g/mol. The zero-order valence-corrected chi connectivity index (χ0v) is 6.41.